The Balaban J connectivity index is 1.12. The van der Waals surface area contributed by atoms with Crippen LogP contribution in [0, 0.1) is 0 Å². The standard InChI is InChI=1S/C21H28N8O11P2/c22-18-15-20(25-9-24-18)29(10-26-15)21-17(31)16(30)13(39-21)8-38-42(35,36)40-41(33,34)37-7-12-3-4-14(27-12)28-5-1-2-11(6-28)19(23)32/h1-2,5-6,9-10,12-14,16-17,21,27,30-31H,3-4,7-8H2,(H5-,22,23,24,25,32,33,34,35,36)/p+1. The van der Waals surface area contributed by atoms with Crippen LogP contribution in [0.1, 0.15) is 35.6 Å². The van der Waals surface area contributed by atoms with Crippen molar-refractivity contribution < 1.29 is 56.6 Å². The quantitative estimate of drug-likeness (QED) is 0.0948. The maximum absolute atomic E-state index is 12.4. The van der Waals surface area contributed by atoms with Crippen LogP contribution in [0.4, 0.5) is 5.82 Å². The van der Waals surface area contributed by atoms with Crippen molar-refractivity contribution in [1.82, 2.24) is 24.8 Å². The molecular weight excluding hydrogens is 602 g/mol. The smallest absolute Gasteiger partial charge is 0.387 e. The van der Waals surface area contributed by atoms with Gasteiger partial charge >= 0.3 is 15.6 Å². The summed E-state index contributed by atoms with van der Waals surface area (Å²) in [6.45, 7) is -1.16. The lowest BCUT2D eigenvalue weighted by molar-refractivity contribution is -0.726. The summed E-state index contributed by atoms with van der Waals surface area (Å²) >= 11 is 0. The third kappa shape index (κ3) is 6.66. The fourth-order valence-electron chi connectivity index (χ4n) is 4.68. The third-order valence-electron chi connectivity index (χ3n) is 6.73. The minimum Gasteiger partial charge on any atom is -0.387 e. The molecule has 2 aliphatic heterocycles. The van der Waals surface area contributed by atoms with Gasteiger partial charge in [0.2, 0.25) is 6.17 Å². The molecule has 19 nitrogen and oxygen atoms in total. The highest BCUT2D eigenvalue weighted by Gasteiger charge is 2.46. The van der Waals surface area contributed by atoms with E-state index in [9.17, 15) is 33.9 Å². The molecule has 0 saturated carbocycles. The van der Waals surface area contributed by atoms with E-state index in [1.807, 2.05) is 0 Å². The molecular formula is C21H29N8O11P2+. The molecule has 0 spiro atoms. The van der Waals surface area contributed by atoms with Gasteiger partial charge < -0.3 is 36.2 Å². The highest BCUT2D eigenvalue weighted by atomic mass is 31.3. The molecule has 8 atom stereocenters. The number of phosphoric ester groups is 2. The molecule has 42 heavy (non-hydrogen) atoms. The number of primary amides is 1. The van der Waals surface area contributed by atoms with Crippen LogP contribution in [0.5, 0.6) is 0 Å². The molecule has 1 amide bonds. The molecule has 2 fully saturated rings. The number of phosphoric acid groups is 2. The number of nitrogens with two attached hydrogens (primary N) is 2. The van der Waals surface area contributed by atoms with Gasteiger partial charge in [0.15, 0.2) is 30.1 Å². The first-order valence-corrected chi connectivity index (χ1v) is 15.5. The fourth-order valence-corrected chi connectivity index (χ4v) is 6.80. The van der Waals surface area contributed by atoms with Crippen molar-refractivity contribution in [3.63, 3.8) is 0 Å². The highest BCUT2D eigenvalue weighted by Crippen LogP contribution is 2.60. The number of rotatable bonds is 11. The summed E-state index contributed by atoms with van der Waals surface area (Å²) in [5.74, 6) is -0.508. The van der Waals surface area contributed by atoms with Gasteiger partial charge in [-0.15, -0.1) is 0 Å². The predicted molar refractivity (Wildman–Crippen MR) is 139 cm³/mol. The van der Waals surface area contributed by atoms with E-state index in [0.717, 1.165) is 0 Å². The molecule has 8 unspecified atom stereocenters. The van der Waals surface area contributed by atoms with Gasteiger partial charge in [-0.3, -0.25) is 23.7 Å². The number of anilines is 1. The summed E-state index contributed by atoms with van der Waals surface area (Å²) in [4.78, 5) is 43.4. The summed E-state index contributed by atoms with van der Waals surface area (Å²) in [6.07, 6.45) is 0.869. The highest BCUT2D eigenvalue weighted by molar-refractivity contribution is 7.61. The number of carbonyl (C=O) groups is 1. The SMILES string of the molecule is NC(=O)c1ccc[n+](C2CCC(COP(=O)(O)OP(=O)(O)OCC3OC(n4cnc5c(N)ncnc54)C(O)C3O)N2)c1. The number of nitrogen functional groups attached to an aromatic ring is 1. The van der Waals surface area contributed by atoms with Crippen molar-refractivity contribution in [3.05, 3.63) is 42.7 Å². The van der Waals surface area contributed by atoms with Crippen molar-refractivity contribution in [2.75, 3.05) is 18.9 Å². The van der Waals surface area contributed by atoms with E-state index >= 15 is 0 Å². The van der Waals surface area contributed by atoms with Crippen molar-refractivity contribution in [2.45, 2.75) is 49.6 Å². The number of hydrogen-bond donors (Lipinski definition) is 7. The third-order valence-corrected chi connectivity index (χ3v) is 9.33. The van der Waals surface area contributed by atoms with Crippen LogP contribution in [-0.2, 0) is 27.2 Å². The molecule has 0 aromatic carbocycles. The molecule has 0 aliphatic carbocycles. The Morgan fingerprint density at radius 3 is 2.62 bits per heavy atom. The maximum atomic E-state index is 12.4. The van der Waals surface area contributed by atoms with Crippen LogP contribution in [-0.4, -0.2) is 83.0 Å². The lowest BCUT2D eigenvalue weighted by Gasteiger charge is -2.20. The lowest BCUT2D eigenvalue weighted by atomic mass is 10.1. The van der Waals surface area contributed by atoms with E-state index in [1.165, 1.54) is 17.2 Å². The molecule has 5 rings (SSSR count). The van der Waals surface area contributed by atoms with Crippen LogP contribution in [0.15, 0.2) is 37.2 Å². The second kappa shape index (κ2) is 12.0. The van der Waals surface area contributed by atoms with E-state index in [1.54, 1.807) is 29.1 Å². The molecule has 9 N–H and O–H groups in total. The molecule has 3 aromatic heterocycles. The van der Waals surface area contributed by atoms with Crippen LogP contribution < -0.4 is 21.4 Å². The largest absolute Gasteiger partial charge is 0.481 e. The fraction of sp³-hybridized carbons (Fsp3) is 0.476. The Morgan fingerprint density at radius 1 is 1.14 bits per heavy atom. The van der Waals surface area contributed by atoms with Gasteiger partial charge in [-0.05, 0) is 12.5 Å². The molecule has 228 valence electrons. The number of nitrogens with one attached hydrogen (secondary N) is 1. The van der Waals surface area contributed by atoms with Gasteiger partial charge in [-0.2, -0.15) is 8.88 Å². The summed E-state index contributed by atoms with van der Waals surface area (Å²) in [7, 11) is -10.3. The Morgan fingerprint density at radius 2 is 1.88 bits per heavy atom. The summed E-state index contributed by atoms with van der Waals surface area (Å²) in [5, 5.41) is 24.1. The molecule has 2 aliphatic rings. The first-order valence-electron chi connectivity index (χ1n) is 12.5. The molecule has 3 aromatic rings. The van der Waals surface area contributed by atoms with Crippen molar-refractivity contribution >= 4 is 38.5 Å². The second-order valence-electron chi connectivity index (χ2n) is 9.60. The molecule has 5 heterocycles. The maximum Gasteiger partial charge on any atom is 0.481 e. The minimum absolute atomic E-state index is 0.0816. The van der Waals surface area contributed by atoms with Crippen molar-refractivity contribution in [1.29, 1.82) is 0 Å². The predicted octanol–water partition coefficient (Wildman–Crippen LogP) is -1.38. The van der Waals surface area contributed by atoms with E-state index in [4.69, 9.17) is 25.3 Å². The number of nitrogens with zero attached hydrogens (tertiary/aromatic N) is 5. The van der Waals surface area contributed by atoms with Crippen molar-refractivity contribution in [3.8, 4) is 0 Å². The number of carbonyl (C=O) groups excluding carboxylic acids is 1. The topological polar surface area (TPSA) is 281 Å². The van der Waals surface area contributed by atoms with Gasteiger partial charge in [0.05, 0.1) is 19.5 Å². The minimum atomic E-state index is -5.21. The molecule has 21 heteroatoms. The number of pyridine rings is 1. The Bertz CT molecular complexity index is 1560. The number of ether oxygens (including phenoxy) is 1. The van der Waals surface area contributed by atoms with Gasteiger partial charge in [-0.25, -0.2) is 24.1 Å². The molecule has 0 radical (unpaired) electrons. The zero-order chi connectivity index (χ0) is 30.2. The normalized spacial score (nSPS) is 29.0. The Hall–Kier alpha value is -2.93. The summed E-state index contributed by atoms with van der Waals surface area (Å²) < 4.78 is 47.5. The van der Waals surface area contributed by atoms with Gasteiger partial charge in [0.1, 0.15) is 35.7 Å². The van der Waals surface area contributed by atoms with E-state index in [-0.39, 0.29) is 29.8 Å². The Kier molecular flexibility index (Phi) is 8.71. The zero-order valence-corrected chi connectivity index (χ0v) is 23.5. The van der Waals surface area contributed by atoms with Crippen LogP contribution in [0.3, 0.4) is 0 Å². The van der Waals surface area contributed by atoms with E-state index in [2.05, 4.69) is 24.6 Å². The van der Waals surface area contributed by atoms with Gasteiger partial charge in [-0.1, -0.05) is 0 Å². The first kappa shape index (κ1) is 30.5. The Labute approximate surface area is 237 Å². The summed E-state index contributed by atoms with van der Waals surface area (Å²) in [5.41, 5.74) is 11.8. The van der Waals surface area contributed by atoms with Crippen molar-refractivity contribution in [2.24, 2.45) is 5.73 Å². The van der Waals surface area contributed by atoms with Crippen LogP contribution in [0.2, 0.25) is 0 Å². The van der Waals surface area contributed by atoms with E-state index < -0.39 is 58.7 Å². The van der Waals surface area contributed by atoms with Crippen LogP contribution >= 0.6 is 15.6 Å². The average molecular weight is 631 g/mol. The number of hydrogen-bond acceptors (Lipinski definition) is 14. The molecule has 0 bridgehead atoms. The zero-order valence-electron chi connectivity index (χ0n) is 21.7. The monoisotopic (exact) mass is 631 g/mol. The van der Waals surface area contributed by atoms with Gasteiger partial charge in [0.25, 0.3) is 5.91 Å². The average Bonchev–Trinajstić information content (AvgIpc) is 3.65. The molecule has 2 saturated heterocycles. The first-order chi connectivity index (χ1) is 19.8. The number of aliphatic hydroxyl groups excluding tert-OH is 2. The summed E-state index contributed by atoms with van der Waals surface area (Å²) in [6, 6.07) is 2.79. The number of aliphatic hydroxyl groups is 2. The number of amides is 1. The van der Waals surface area contributed by atoms with Crippen LogP contribution in [0.25, 0.3) is 11.2 Å². The second-order valence-corrected chi connectivity index (χ2v) is 12.6. The number of fused-ring (bicyclic) bond motifs is 1. The number of aromatic nitrogens is 5. The van der Waals surface area contributed by atoms with E-state index in [0.29, 0.717) is 18.4 Å². The van der Waals surface area contributed by atoms with Gasteiger partial charge in [0, 0.05) is 18.5 Å². The number of imidazole rings is 1. The lowest BCUT2D eigenvalue weighted by Crippen LogP contribution is -2.47.